The lowest BCUT2D eigenvalue weighted by molar-refractivity contribution is -0.114. The summed E-state index contributed by atoms with van der Waals surface area (Å²) in [5, 5.41) is 14.4. The Balaban J connectivity index is 0. The third-order valence-corrected chi connectivity index (χ3v) is 3.40. The van der Waals surface area contributed by atoms with E-state index in [4.69, 9.17) is 14.6 Å². The number of alkyl carbamates (subject to hydrolysis) is 2. The lowest BCUT2D eigenvalue weighted by Crippen LogP contribution is -2.38. The van der Waals surface area contributed by atoms with Crippen LogP contribution in [-0.4, -0.2) is 65.8 Å². The van der Waals surface area contributed by atoms with Gasteiger partial charge in [0.25, 0.3) is 0 Å². The van der Waals surface area contributed by atoms with Crippen molar-refractivity contribution in [2.75, 3.05) is 13.3 Å². The summed E-state index contributed by atoms with van der Waals surface area (Å²) >= 11 is 0. The van der Waals surface area contributed by atoms with Crippen molar-refractivity contribution >= 4 is 26.6 Å². The van der Waals surface area contributed by atoms with Crippen molar-refractivity contribution in [2.24, 2.45) is 0 Å². The van der Waals surface area contributed by atoms with Gasteiger partial charge in [-0.15, -0.1) is 8.58 Å². The van der Waals surface area contributed by atoms with E-state index in [9.17, 15) is 14.4 Å². The highest BCUT2D eigenvalue weighted by atomic mass is 31.1. The lowest BCUT2D eigenvalue weighted by Gasteiger charge is -2.21. The number of nitrogens with one attached hydrogen (secondary N) is 2. The van der Waals surface area contributed by atoms with Crippen LogP contribution in [0.3, 0.4) is 0 Å². The number of rotatable bonds is 2. The summed E-state index contributed by atoms with van der Waals surface area (Å²) < 4.78 is 10.1. The zero-order chi connectivity index (χ0) is 24.2. The number of allylic oxidation sites excluding steroid dienone is 1. The molecule has 0 aliphatic heterocycles. The van der Waals surface area contributed by atoms with Gasteiger partial charge in [-0.2, -0.15) is 0 Å². The van der Waals surface area contributed by atoms with Crippen molar-refractivity contribution in [2.45, 2.75) is 91.2 Å². The molecule has 2 rings (SSSR count). The minimum Gasteiger partial charge on any atom is -0.444 e. The first-order valence-corrected chi connectivity index (χ1v) is 12.3. The van der Waals surface area contributed by atoms with Gasteiger partial charge >= 0.3 is 12.2 Å². The van der Waals surface area contributed by atoms with Gasteiger partial charge in [0, 0.05) is 12.8 Å². The first kappa shape index (κ1) is 32.3. The quantitative estimate of drug-likeness (QED) is 0.409. The van der Waals surface area contributed by atoms with E-state index in [1.165, 1.54) is 6.08 Å². The van der Waals surface area contributed by atoms with Crippen LogP contribution in [0, 0.1) is 0 Å². The molecule has 0 heterocycles. The summed E-state index contributed by atoms with van der Waals surface area (Å²) in [5.41, 5.74) is -0.985. The molecule has 2 aliphatic carbocycles. The predicted molar refractivity (Wildman–Crippen MR) is 132 cm³/mol. The van der Waals surface area contributed by atoms with E-state index in [-0.39, 0.29) is 25.3 Å². The molecule has 0 fully saturated rings. The predicted octanol–water partition coefficient (Wildman–Crippen LogP) is 4.17. The number of ether oxygens (including phenoxy) is 2. The van der Waals surface area contributed by atoms with Crippen LogP contribution < -0.4 is 10.6 Å². The van der Waals surface area contributed by atoms with E-state index >= 15 is 0 Å². The highest BCUT2D eigenvalue weighted by Crippen LogP contribution is 2.12. The molecule has 0 aromatic heterocycles. The van der Waals surface area contributed by atoms with Gasteiger partial charge in [-0.3, -0.25) is 4.79 Å². The second kappa shape index (κ2) is 15.0. The van der Waals surface area contributed by atoms with E-state index in [2.05, 4.69) is 24.0 Å². The minimum absolute atomic E-state index is 0. The molecule has 0 bridgehead atoms. The normalized spacial score (nSPS) is 21.3. The second-order valence-corrected chi connectivity index (χ2v) is 10.2. The van der Waals surface area contributed by atoms with Gasteiger partial charge in [-0.05, 0) is 60.9 Å². The highest BCUT2D eigenvalue weighted by Gasteiger charge is 2.23. The van der Waals surface area contributed by atoms with Crippen LogP contribution in [0.2, 0.25) is 0 Å². The summed E-state index contributed by atoms with van der Waals surface area (Å²) in [7, 11) is 1.08. The van der Waals surface area contributed by atoms with E-state index in [0.717, 1.165) is 8.58 Å². The number of carbonyl (C=O) groups excluding carboxylic acids is 3. The zero-order valence-electron chi connectivity index (χ0n) is 19.9. The van der Waals surface area contributed by atoms with E-state index < -0.39 is 29.5 Å². The van der Waals surface area contributed by atoms with E-state index in [1.54, 1.807) is 39.0 Å². The van der Waals surface area contributed by atoms with Crippen molar-refractivity contribution in [1.82, 2.24) is 10.6 Å². The van der Waals surface area contributed by atoms with Crippen molar-refractivity contribution in [3.63, 3.8) is 0 Å². The molecular weight excluding hydrogens is 431 g/mol. The Hall–Kier alpha value is -1.92. The maximum atomic E-state index is 11.3. The number of carbonyl (C=O) groups is 3. The Morgan fingerprint density at radius 1 is 0.938 bits per heavy atom. The van der Waals surface area contributed by atoms with E-state index in [0.29, 0.717) is 12.8 Å². The first-order valence-electron chi connectivity index (χ1n) is 10.3. The summed E-state index contributed by atoms with van der Waals surface area (Å²) in [4.78, 5) is 33.4. The Morgan fingerprint density at radius 2 is 1.38 bits per heavy atom. The molecule has 8 nitrogen and oxygen atoms in total. The van der Waals surface area contributed by atoms with Gasteiger partial charge in [-0.25, -0.2) is 9.59 Å². The number of amides is 2. The Labute approximate surface area is 195 Å². The molecular formula is C23H43N2O6P. The smallest absolute Gasteiger partial charge is 0.408 e. The van der Waals surface area contributed by atoms with Crippen molar-refractivity contribution in [3.8, 4) is 0 Å². The number of aliphatic hydroxyl groups excluding tert-OH is 1. The molecule has 2 aliphatic rings. The SMILES string of the molecule is C.CC(C)(C)OC(=O)N[C@@H]1C=CC(=O)C1.CC(C)(C)OC(=O)N[C@@H]1C=C[C@H](O)C1.CPC. The molecule has 3 N–H and O–H groups in total. The van der Waals surface area contributed by atoms with Gasteiger partial charge in [0.1, 0.15) is 11.2 Å². The molecule has 0 aromatic rings. The summed E-state index contributed by atoms with van der Waals surface area (Å²) in [6.45, 7) is 15.1. The number of hydrogen-bond donors (Lipinski definition) is 3. The van der Waals surface area contributed by atoms with E-state index in [1.807, 2.05) is 20.8 Å². The molecule has 2 amide bonds. The minimum atomic E-state index is -0.504. The van der Waals surface area contributed by atoms with Gasteiger partial charge in [-0.1, -0.05) is 25.7 Å². The standard InChI is InChI=1S/C10H17NO3.C10H15NO3.C2H7P.CH4/c2*1-10(2,3)14-9(13)11-7-4-5-8(12)6-7;1-3-2;/h4-5,7-8,12H,6H2,1-3H3,(H,11,13);4-5,7H,6H2,1-3H3,(H,11,13);3H,1-2H3;1H4/t7-,8+;7-;;/m11../s1. The van der Waals surface area contributed by atoms with Crippen molar-refractivity contribution in [3.05, 3.63) is 24.3 Å². The molecule has 186 valence electrons. The average Bonchev–Trinajstić information content (AvgIpc) is 3.13. The van der Waals surface area contributed by atoms with Gasteiger partial charge in [0.15, 0.2) is 5.78 Å². The molecule has 0 saturated carbocycles. The summed E-state index contributed by atoms with van der Waals surface area (Å²) in [6.07, 6.45) is 6.07. The fourth-order valence-electron chi connectivity index (χ4n) is 2.38. The molecule has 9 heteroatoms. The van der Waals surface area contributed by atoms with Crippen LogP contribution in [0.4, 0.5) is 9.59 Å². The van der Waals surface area contributed by atoms with Crippen LogP contribution in [-0.2, 0) is 14.3 Å². The second-order valence-electron chi connectivity index (χ2n) is 9.22. The molecule has 0 aromatic carbocycles. The largest absolute Gasteiger partial charge is 0.444 e. The van der Waals surface area contributed by atoms with Crippen LogP contribution in [0.15, 0.2) is 24.3 Å². The topological polar surface area (TPSA) is 114 Å². The molecule has 0 saturated heterocycles. The number of ketones is 1. The van der Waals surface area contributed by atoms with Crippen LogP contribution in [0.5, 0.6) is 0 Å². The maximum absolute atomic E-state index is 11.3. The fourth-order valence-corrected chi connectivity index (χ4v) is 2.38. The molecule has 3 atom stereocenters. The monoisotopic (exact) mass is 474 g/mol. The fraction of sp³-hybridized carbons (Fsp3) is 0.696. The number of hydrogen-bond acceptors (Lipinski definition) is 6. The van der Waals surface area contributed by atoms with Crippen LogP contribution >= 0.6 is 8.58 Å². The molecule has 32 heavy (non-hydrogen) atoms. The summed E-state index contributed by atoms with van der Waals surface area (Å²) in [5.74, 6) is 0.0334. The third-order valence-electron chi connectivity index (χ3n) is 3.40. The Morgan fingerprint density at radius 3 is 1.69 bits per heavy atom. The van der Waals surface area contributed by atoms with Gasteiger partial charge < -0.3 is 25.2 Å². The van der Waals surface area contributed by atoms with Crippen LogP contribution in [0.25, 0.3) is 0 Å². The van der Waals surface area contributed by atoms with Gasteiger partial charge in [0.05, 0.1) is 18.2 Å². The first-order chi connectivity index (χ1) is 14.1. The lowest BCUT2D eigenvalue weighted by atomic mass is 10.2. The molecule has 0 unspecified atom stereocenters. The highest BCUT2D eigenvalue weighted by molar-refractivity contribution is 7.35. The molecule has 0 spiro atoms. The number of aliphatic hydroxyl groups is 1. The van der Waals surface area contributed by atoms with Crippen LogP contribution in [0.1, 0.15) is 61.8 Å². The summed E-state index contributed by atoms with van der Waals surface area (Å²) in [6, 6.07) is -0.322. The zero-order valence-corrected chi connectivity index (χ0v) is 20.9. The van der Waals surface area contributed by atoms with Gasteiger partial charge in [0.2, 0.25) is 0 Å². The average molecular weight is 475 g/mol. The Kier molecular flexibility index (Phi) is 15.1. The van der Waals surface area contributed by atoms with Crippen molar-refractivity contribution in [1.29, 1.82) is 0 Å². The Bertz CT molecular complexity index is 650. The maximum Gasteiger partial charge on any atom is 0.408 e. The molecule has 0 radical (unpaired) electrons. The van der Waals surface area contributed by atoms with Crippen molar-refractivity contribution < 1.29 is 29.0 Å². The third kappa shape index (κ3) is 17.7.